The number of carbonyl (C=O) groups excluding carboxylic acids is 2. The van der Waals surface area contributed by atoms with Gasteiger partial charge in [-0.25, -0.2) is 0 Å². The van der Waals surface area contributed by atoms with Gasteiger partial charge < -0.3 is 4.74 Å². The Morgan fingerprint density at radius 1 is 1.45 bits per heavy atom. The molecule has 0 radical (unpaired) electrons. The summed E-state index contributed by atoms with van der Waals surface area (Å²) in [6.45, 7) is 2.56. The summed E-state index contributed by atoms with van der Waals surface area (Å²) in [6, 6.07) is 5.41. The van der Waals surface area contributed by atoms with Crippen molar-refractivity contribution in [2.24, 2.45) is 0 Å². The molecule has 1 aromatic carbocycles. The van der Waals surface area contributed by atoms with Crippen LogP contribution in [0.3, 0.4) is 0 Å². The predicted molar refractivity (Wildman–Crippen MR) is 81.8 cm³/mol. The fraction of sp³-hybridized carbons (Fsp3) is 0.312. The van der Waals surface area contributed by atoms with Crippen LogP contribution in [-0.4, -0.2) is 28.2 Å². The van der Waals surface area contributed by atoms with Crippen molar-refractivity contribution in [1.29, 1.82) is 0 Å². The number of imide groups is 1. The number of fused-ring (bicyclic) bond motifs is 1. The van der Waals surface area contributed by atoms with E-state index in [1.54, 1.807) is 10.9 Å². The van der Waals surface area contributed by atoms with Crippen molar-refractivity contribution in [3.8, 4) is 0 Å². The van der Waals surface area contributed by atoms with Gasteiger partial charge in [0.15, 0.2) is 0 Å². The van der Waals surface area contributed by atoms with Crippen molar-refractivity contribution in [3.05, 3.63) is 36.2 Å². The zero-order chi connectivity index (χ0) is 15.5. The number of piperidine rings is 1. The minimum absolute atomic E-state index is 0.221. The standard InChI is InChI=1S/C16H17N3O3/c1-2-22-8-7-11-3-4-13-12(9-11)10-19(18-13)14-5-6-15(20)17-16(14)21/h3-4,7-10,14H,2,5-6H2,1H3,(H,17,20,21)/b8-7+. The van der Waals surface area contributed by atoms with Gasteiger partial charge >= 0.3 is 0 Å². The molecule has 1 saturated heterocycles. The molecule has 1 aliphatic rings. The molecule has 0 bridgehead atoms. The van der Waals surface area contributed by atoms with Gasteiger partial charge in [-0.05, 0) is 37.1 Å². The average Bonchev–Trinajstić information content (AvgIpc) is 2.90. The largest absolute Gasteiger partial charge is 0.501 e. The highest BCUT2D eigenvalue weighted by molar-refractivity contribution is 5.99. The number of aromatic nitrogens is 2. The molecule has 114 valence electrons. The lowest BCUT2D eigenvalue weighted by atomic mass is 10.1. The highest BCUT2D eigenvalue weighted by Gasteiger charge is 2.28. The second-order valence-corrected chi connectivity index (χ2v) is 5.15. The minimum atomic E-state index is -0.424. The summed E-state index contributed by atoms with van der Waals surface area (Å²) in [6.07, 6.45) is 6.20. The van der Waals surface area contributed by atoms with E-state index in [9.17, 15) is 9.59 Å². The Hall–Kier alpha value is -2.63. The number of nitrogens with zero attached hydrogens (tertiary/aromatic N) is 2. The predicted octanol–water partition coefficient (Wildman–Crippen LogP) is 2.02. The average molecular weight is 299 g/mol. The topological polar surface area (TPSA) is 73.2 Å². The zero-order valence-corrected chi connectivity index (χ0v) is 12.3. The first-order valence-corrected chi connectivity index (χ1v) is 7.28. The van der Waals surface area contributed by atoms with Gasteiger partial charge in [-0.15, -0.1) is 0 Å². The van der Waals surface area contributed by atoms with E-state index in [1.165, 1.54) is 0 Å². The SMILES string of the molecule is CCO/C=C/c1ccc2nn(C3CCC(=O)NC3=O)cc2c1. The van der Waals surface area contributed by atoms with Gasteiger partial charge in [0.25, 0.3) is 5.91 Å². The Balaban J connectivity index is 1.86. The van der Waals surface area contributed by atoms with Crippen LogP contribution in [0.2, 0.25) is 0 Å². The van der Waals surface area contributed by atoms with Crippen molar-refractivity contribution in [2.45, 2.75) is 25.8 Å². The van der Waals surface area contributed by atoms with Crippen LogP contribution in [0.5, 0.6) is 0 Å². The Morgan fingerprint density at radius 2 is 2.32 bits per heavy atom. The fourth-order valence-electron chi connectivity index (χ4n) is 2.48. The van der Waals surface area contributed by atoms with Crippen LogP contribution in [0.15, 0.2) is 30.7 Å². The molecule has 3 rings (SSSR count). The molecule has 22 heavy (non-hydrogen) atoms. The number of hydrogen-bond donors (Lipinski definition) is 1. The monoisotopic (exact) mass is 299 g/mol. The van der Waals surface area contributed by atoms with E-state index < -0.39 is 6.04 Å². The van der Waals surface area contributed by atoms with Gasteiger partial charge in [0.05, 0.1) is 18.4 Å². The van der Waals surface area contributed by atoms with Crippen LogP contribution in [0.25, 0.3) is 17.0 Å². The second kappa shape index (κ2) is 6.01. The van der Waals surface area contributed by atoms with Crippen molar-refractivity contribution in [2.75, 3.05) is 6.61 Å². The van der Waals surface area contributed by atoms with E-state index in [-0.39, 0.29) is 11.8 Å². The molecular weight excluding hydrogens is 282 g/mol. The molecule has 0 saturated carbocycles. The summed E-state index contributed by atoms with van der Waals surface area (Å²) in [7, 11) is 0. The maximum Gasteiger partial charge on any atom is 0.251 e. The molecule has 6 nitrogen and oxygen atoms in total. The van der Waals surface area contributed by atoms with Gasteiger partial charge in [0.1, 0.15) is 6.04 Å². The second-order valence-electron chi connectivity index (χ2n) is 5.15. The lowest BCUT2D eigenvalue weighted by Crippen LogP contribution is -2.41. The van der Waals surface area contributed by atoms with Crippen LogP contribution in [0.1, 0.15) is 31.4 Å². The molecule has 1 aliphatic heterocycles. The third-order valence-electron chi connectivity index (χ3n) is 3.60. The van der Waals surface area contributed by atoms with Crippen molar-refractivity contribution in [3.63, 3.8) is 0 Å². The van der Waals surface area contributed by atoms with Crippen molar-refractivity contribution < 1.29 is 14.3 Å². The Bertz CT molecular complexity index is 748. The van der Waals surface area contributed by atoms with Crippen molar-refractivity contribution >= 4 is 28.8 Å². The summed E-state index contributed by atoms with van der Waals surface area (Å²) >= 11 is 0. The molecule has 1 N–H and O–H groups in total. The molecular formula is C16H17N3O3. The van der Waals surface area contributed by atoms with Crippen molar-refractivity contribution in [1.82, 2.24) is 15.1 Å². The van der Waals surface area contributed by atoms with Gasteiger partial charge in [0, 0.05) is 18.0 Å². The Morgan fingerprint density at radius 3 is 3.09 bits per heavy atom. The highest BCUT2D eigenvalue weighted by Crippen LogP contribution is 2.22. The normalized spacial score (nSPS) is 18.9. The molecule has 1 unspecified atom stereocenters. The maximum atomic E-state index is 11.9. The molecule has 0 aliphatic carbocycles. The number of rotatable bonds is 4. The van der Waals surface area contributed by atoms with Gasteiger partial charge in [-0.1, -0.05) is 6.07 Å². The lowest BCUT2D eigenvalue weighted by molar-refractivity contribution is -0.135. The Kier molecular flexibility index (Phi) is 3.91. The first-order valence-electron chi connectivity index (χ1n) is 7.28. The number of benzene rings is 1. The maximum absolute atomic E-state index is 11.9. The molecule has 2 heterocycles. The number of hydrogen-bond acceptors (Lipinski definition) is 4. The van der Waals surface area contributed by atoms with Gasteiger partial charge in [-0.3, -0.25) is 19.6 Å². The van der Waals surface area contributed by atoms with E-state index in [0.717, 1.165) is 16.5 Å². The highest BCUT2D eigenvalue weighted by atomic mass is 16.5. The number of carbonyl (C=O) groups is 2. The number of amides is 2. The molecule has 1 aromatic heterocycles. The van der Waals surface area contributed by atoms with E-state index in [2.05, 4.69) is 10.4 Å². The van der Waals surface area contributed by atoms with Crippen LogP contribution in [-0.2, 0) is 14.3 Å². The summed E-state index contributed by atoms with van der Waals surface area (Å²) in [5.74, 6) is -0.512. The summed E-state index contributed by atoms with van der Waals surface area (Å²) < 4.78 is 6.83. The molecule has 6 heteroatoms. The fourth-order valence-corrected chi connectivity index (χ4v) is 2.48. The quantitative estimate of drug-likeness (QED) is 0.692. The van der Waals surface area contributed by atoms with Gasteiger partial charge in [-0.2, -0.15) is 5.10 Å². The summed E-state index contributed by atoms with van der Waals surface area (Å²) in [5, 5.41) is 7.74. The van der Waals surface area contributed by atoms with E-state index >= 15 is 0 Å². The smallest absolute Gasteiger partial charge is 0.251 e. The zero-order valence-electron chi connectivity index (χ0n) is 12.3. The third-order valence-corrected chi connectivity index (χ3v) is 3.60. The Labute approximate surface area is 127 Å². The molecule has 2 amide bonds. The minimum Gasteiger partial charge on any atom is -0.501 e. The van der Waals surface area contributed by atoms with Gasteiger partial charge in [0.2, 0.25) is 5.91 Å². The van der Waals surface area contributed by atoms with E-state index in [4.69, 9.17) is 4.74 Å². The molecule has 1 atom stereocenters. The number of nitrogens with one attached hydrogen (secondary N) is 1. The van der Waals surface area contributed by atoms with Crippen LogP contribution >= 0.6 is 0 Å². The third kappa shape index (κ3) is 2.86. The van der Waals surface area contributed by atoms with Crippen LogP contribution in [0, 0.1) is 0 Å². The summed E-state index contributed by atoms with van der Waals surface area (Å²) in [5.41, 5.74) is 1.82. The summed E-state index contributed by atoms with van der Waals surface area (Å²) in [4.78, 5) is 23.1. The van der Waals surface area contributed by atoms with E-state index in [1.807, 2.05) is 37.4 Å². The van der Waals surface area contributed by atoms with E-state index in [0.29, 0.717) is 19.4 Å². The molecule has 0 spiro atoms. The first-order chi connectivity index (χ1) is 10.7. The number of ether oxygens (including phenoxy) is 1. The van der Waals surface area contributed by atoms with Crippen LogP contribution in [0.4, 0.5) is 0 Å². The first kappa shape index (κ1) is 14.3. The van der Waals surface area contributed by atoms with Crippen LogP contribution < -0.4 is 5.32 Å². The lowest BCUT2D eigenvalue weighted by Gasteiger charge is -2.20. The molecule has 2 aromatic rings. The molecule has 1 fully saturated rings.